The number of hydrogen-bond donors (Lipinski definition) is 1. The maximum Gasteiger partial charge on any atom is 0.226 e. The maximum absolute atomic E-state index is 11.7. The molecule has 1 heterocycles. The van der Waals surface area contributed by atoms with Crippen molar-refractivity contribution < 1.29 is 4.79 Å². The van der Waals surface area contributed by atoms with Gasteiger partial charge < -0.3 is 5.32 Å². The minimum atomic E-state index is -0.0459. The number of amides is 1. The van der Waals surface area contributed by atoms with Gasteiger partial charge in [0, 0.05) is 17.2 Å². The van der Waals surface area contributed by atoms with Crippen LogP contribution in [0.25, 0.3) is 11.4 Å². The summed E-state index contributed by atoms with van der Waals surface area (Å²) in [6.07, 6.45) is 2.25. The molecule has 1 aliphatic carbocycles. The summed E-state index contributed by atoms with van der Waals surface area (Å²) >= 11 is 0. The largest absolute Gasteiger partial charge is 0.326 e. The Morgan fingerprint density at radius 1 is 1.40 bits per heavy atom. The van der Waals surface area contributed by atoms with Crippen LogP contribution in [0.5, 0.6) is 0 Å². The SMILES string of the molecule is CC(C)C(=O)Nc1cccc(-c2nnnn2C2CC2)c1. The lowest BCUT2D eigenvalue weighted by molar-refractivity contribution is -0.118. The molecule has 0 aliphatic heterocycles. The Morgan fingerprint density at radius 3 is 2.90 bits per heavy atom. The van der Waals surface area contributed by atoms with E-state index in [4.69, 9.17) is 0 Å². The molecule has 1 N–H and O–H groups in total. The maximum atomic E-state index is 11.7. The van der Waals surface area contributed by atoms with Crippen LogP contribution in [0.2, 0.25) is 0 Å². The predicted octanol–water partition coefficient (Wildman–Crippen LogP) is 2.27. The monoisotopic (exact) mass is 271 g/mol. The Labute approximate surface area is 117 Å². The van der Waals surface area contributed by atoms with Gasteiger partial charge in [-0.05, 0) is 35.4 Å². The lowest BCUT2D eigenvalue weighted by Gasteiger charge is -2.09. The topological polar surface area (TPSA) is 72.7 Å². The molecule has 0 bridgehead atoms. The number of tetrazole rings is 1. The number of carbonyl (C=O) groups excluding carboxylic acids is 1. The standard InChI is InChI=1S/C14H17N5O/c1-9(2)14(20)15-11-5-3-4-10(8-11)13-16-17-18-19(13)12-6-7-12/h3-5,8-9,12H,6-7H2,1-2H3,(H,15,20). The number of hydrogen-bond acceptors (Lipinski definition) is 4. The zero-order chi connectivity index (χ0) is 14.1. The average Bonchev–Trinajstić information content (AvgIpc) is 3.16. The van der Waals surface area contributed by atoms with Crippen molar-refractivity contribution in [3.8, 4) is 11.4 Å². The van der Waals surface area contributed by atoms with Crippen LogP contribution in [0.3, 0.4) is 0 Å². The molecule has 1 aliphatic rings. The first-order valence-electron chi connectivity index (χ1n) is 6.84. The molecule has 6 heteroatoms. The Bertz CT molecular complexity index is 630. The van der Waals surface area contributed by atoms with E-state index in [1.54, 1.807) is 0 Å². The van der Waals surface area contributed by atoms with E-state index in [9.17, 15) is 4.79 Å². The third kappa shape index (κ3) is 2.54. The van der Waals surface area contributed by atoms with Crippen LogP contribution >= 0.6 is 0 Å². The Hall–Kier alpha value is -2.24. The smallest absolute Gasteiger partial charge is 0.226 e. The zero-order valence-electron chi connectivity index (χ0n) is 11.6. The van der Waals surface area contributed by atoms with Gasteiger partial charge in [-0.25, -0.2) is 4.68 Å². The van der Waals surface area contributed by atoms with E-state index in [1.807, 2.05) is 42.8 Å². The van der Waals surface area contributed by atoms with Crippen molar-refractivity contribution in [2.24, 2.45) is 5.92 Å². The molecule has 104 valence electrons. The molecule has 3 rings (SSSR count). The molecule has 6 nitrogen and oxygen atoms in total. The Kier molecular flexibility index (Phi) is 3.22. The molecule has 0 saturated heterocycles. The van der Waals surface area contributed by atoms with Crippen LogP contribution in [-0.2, 0) is 4.79 Å². The highest BCUT2D eigenvalue weighted by atomic mass is 16.1. The van der Waals surface area contributed by atoms with Gasteiger partial charge in [-0.1, -0.05) is 26.0 Å². The second-order valence-electron chi connectivity index (χ2n) is 5.40. The molecular weight excluding hydrogens is 254 g/mol. The quantitative estimate of drug-likeness (QED) is 0.925. The third-order valence-electron chi connectivity index (χ3n) is 3.30. The highest BCUT2D eigenvalue weighted by molar-refractivity contribution is 5.92. The van der Waals surface area contributed by atoms with Crippen LogP contribution in [0.4, 0.5) is 5.69 Å². The lowest BCUT2D eigenvalue weighted by atomic mass is 10.1. The van der Waals surface area contributed by atoms with Crippen LogP contribution in [0, 0.1) is 5.92 Å². The van der Waals surface area contributed by atoms with Gasteiger partial charge in [0.05, 0.1) is 6.04 Å². The third-order valence-corrected chi connectivity index (χ3v) is 3.30. The summed E-state index contributed by atoms with van der Waals surface area (Å²) < 4.78 is 1.86. The van der Waals surface area contributed by atoms with Gasteiger partial charge in [0.2, 0.25) is 5.91 Å². The lowest BCUT2D eigenvalue weighted by Crippen LogP contribution is -2.17. The highest BCUT2D eigenvalue weighted by Gasteiger charge is 2.28. The number of benzene rings is 1. The summed E-state index contributed by atoms with van der Waals surface area (Å²) in [6, 6.07) is 8.06. The number of carbonyl (C=O) groups is 1. The first-order chi connectivity index (χ1) is 9.65. The van der Waals surface area contributed by atoms with Crippen molar-refractivity contribution in [3.05, 3.63) is 24.3 Å². The second-order valence-corrected chi connectivity index (χ2v) is 5.40. The highest BCUT2D eigenvalue weighted by Crippen LogP contribution is 2.36. The number of nitrogens with zero attached hydrogens (tertiary/aromatic N) is 4. The van der Waals surface area contributed by atoms with Crippen molar-refractivity contribution >= 4 is 11.6 Å². The average molecular weight is 271 g/mol. The van der Waals surface area contributed by atoms with Gasteiger partial charge in [-0.2, -0.15) is 0 Å². The molecular formula is C14H17N5O. The fourth-order valence-electron chi connectivity index (χ4n) is 1.97. The molecule has 0 unspecified atom stereocenters. The van der Waals surface area contributed by atoms with E-state index >= 15 is 0 Å². The first-order valence-corrected chi connectivity index (χ1v) is 6.84. The summed E-state index contributed by atoms with van der Waals surface area (Å²) in [5.74, 6) is 0.715. The fraction of sp³-hybridized carbons (Fsp3) is 0.429. The fourth-order valence-corrected chi connectivity index (χ4v) is 1.97. The van der Waals surface area contributed by atoms with Gasteiger partial charge in [-0.15, -0.1) is 5.10 Å². The van der Waals surface area contributed by atoms with Gasteiger partial charge in [0.25, 0.3) is 0 Å². The van der Waals surface area contributed by atoms with Gasteiger partial charge in [-0.3, -0.25) is 4.79 Å². The van der Waals surface area contributed by atoms with Gasteiger partial charge in [0.15, 0.2) is 5.82 Å². The summed E-state index contributed by atoms with van der Waals surface area (Å²) in [5, 5.41) is 14.8. The summed E-state index contributed by atoms with van der Waals surface area (Å²) in [7, 11) is 0. The molecule has 20 heavy (non-hydrogen) atoms. The Morgan fingerprint density at radius 2 is 2.20 bits per heavy atom. The summed E-state index contributed by atoms with van der Waals surface area (Å²) in [4.78, 5) is 11.7. The van der Waals surface area contributed by atoms with Gasteiger partial charge in [0.1, 0.15) is 0 Å². The van der Waals surface area contributed by atoms with Crippen LogP contribution < -0.4 is 5.32 Å². The van der Waals surface area contributed by atoms with Crippen LogP contribution in [-0.4, -0.2) is 26.1 Å². The van der Waals surface area contributed by atoms with Crippen molar-refractivity contribution in [2.45, 2.75) is 32.7 Å². The number of nitrogens with one attached hydrogen (secondary N) is 1. The minimum Gasteiger partial charge on any atom is -0.326 e. The number of rotatable bonds is 4. The van der Waals surface area contributed by atoms with E-state index in [0.29, 0.717) is 6.04 Å². The predicted molar refractivity (Wildman–Crippen MR) is 75.0 cm³/mol. The van der Waals surface area contributed by atoms with Crippen LogP contribution in [0.15, 0.2) is 24.3 Å². The molecule has 0 spiro atoms. The molecule has 1 saturated carbocycles. The zero-order valence-corrected chi connectivity index (χ0v) is 11.6. The second kappa shape index (κ2) is 5.03. The molecule has 0 radical (unpaired) electrons. The van der Waals surface area contributed by atoms with E-state index in [-0.39, 0.29) is 11.8 Å². The molecule has 1 aromatic heterocycles. The van der Waals surface area contributed by atoms with Crippen molar-refractivity contribution in [3.63, 3.8) is 0 Å². The molecule has 1 aromatic carbocycles. The van der Waals surface area contributed by atoms with Crippen molar-refractivity contribution in [1.29, 1.82) is 0 Å². The summed E-state index contributed by atoms with van der Waals surface area (Å²) in [5.41, 5.74) is 1.69. The van der Waals surface area contributed by atoms with Crippen LogP contribution in [0.1, 0.15) is 32.7 Å². The molecule has 1 amide bonds. The Balaban J connectivity index is 1.87. The van der Waals surface area contributed by atoms with Crippen molar-refractivity contribution in [1.82, 2.24) is 20.2 Å². The van der Waals surface area contributed by atoms with Gasteiger partial charge >= 0.3 is 0 Å². The summed E-state index contributed by atoms with van der Waals surface area (Å²) in [6.45, 7) is 3.74. The normalized spacial score (nSPS) is 14.6. The molecule has 2 aromatic rings. The first kappa shape index (κ1) is 12.8. The number of aromatic nitrogens is 4. The van der Waals surface area contributed by atoms with E-state index < -0.39 is 0 Å². The molecule has 1 fully saturated rings. The number of anilines is 1. The van der Waals surface area contributed by atoms with Crippen molar-refractivity contribution in [2.75, 3.05) is 5.32 Å². The molecule has 0 atom stereocenters. The minimum absolute atomic E-state index is 0.00364. The van der Waals surface area contributed by atoms with E-state index in [1.165, 1.54) is 0 Å². The van der Waals surface area contributed by atoms with E-state index in [2.05, 4.69) is 20.8 Å². The van der Waals surface area contributed by atoms with E-state index in [0.717, 1.165) is 29.9 Å².